The minimum atomic E-state index is -0.201. The SMILES string of the molecule is Cc1cc(C(=O)NCc2ccco2)cc(NN)n1. The van der Waals surface area contributed by atoms with E-state index in [0.717, 1.165) is 0 Å². The Morgan fingerprint density at radius 1 is 1.50 bits per heavy atom. The van der Waals surface area contributed by atoms with Crippen molar-refractivity contribution in [2.45, 2.75) is 13.5 Å². The second-order valence-electron chi connectivity index (χ2n) is 3.79. The summed E-state index contributed by atoms with van der Waals surface area (Å²) in [6, 6.07) is 6.85. The van der Waals surface area contributed by atoms with Gasteiger partial charge in [0.05, 0.1) is 12.8 Å². The van der Waals surface area contributed by atoms with E-state index in [9.17, 15) is 4.79 Å². The van der Waals surface area contributed by atoms with Gasteiger partial charge in [0.2, 0.25) is 0 Å². The number of aryl methyl sites for hydroxylation is 1. The van der Waals surface area contributed by atoms with Crippen LogP contribution in [0.3, 0.4) is 0 Å². The van der Waals surface area contributed by atoms with Gasteiger partial charge < -0.3 is 15.2 Å². The molecule has 0 spiro atoms. The Balaban J connectivity index is 2.06. The van der Waals surface area contributed by atoms with Crippen molar-refractivity contribution in [1.29, 1.82) is 0 Å². The van der Waals surface area contributed by atoms with E-state index in [4.69, 9.17) is 10.3 Å². The molecule has 0 aromatic carbocycles. The lowest BCUT2D eigenvalue weighted by atomic mass is 10.2. The van der Waals surface area contributed by atoms with E-state index in [2.05, 4.69) is 15.7 Å². The van der Waals surface area contributed by atoms with Crippen LogP contribution in [0.5, 0.6) is 0 Å². The average molecular weight is 246 g/mol. The third-order valence-corrected chi connectivity index (χ3v) is 2.37. The highest BCUT2D eigenvalue weighted by Gasteiger charge is 2.08. The summed E-state index contributed by atoms with van der Waals surface area (Å²) in [6.45, 7) is 2.14. The van der Waals surface area contributed by atoms with Crippen LogP contribution < -0.4 is 16.6 Å². The van der Waals surface area contributed by atoms with Gasteiger partial charge in [0.1, 0.15) is 11.6 Å². The molecule has 6 heteroatoms. The van der Waals surface area contributed by atoms with E-state index in [1.54, 1.807) is 37.5 Å². The van der Waals surface area contributed by atoms with E-state index in [0.29, 0.717) is 29.4 Å². The maximum absolute atomic E-state index is 11.9. The van der Waals surface area contributed by atoms with Gasteiger partial charge >= 0.3 is 0 Å². The van der Waals surface area contributed by atoms with Gasteiger partial charge in [0.25, 0.3) is 5.91 Å². The zero-order valence-electron chi connectivity index (χ0n) is 9.93. The maximum Gasteiger partial charge on any atom is 0.251 e. The molecule has 4 N–H and O–H groups in total. The third kappa shape index (κ3) is 2.86. The zero-order chi connectivity index (χ0) is 13.0. The fourth-order valence-corrected chi connectivity index (χ4v) is 1.56. The van der Waals surface area contributed by atoms with Gasteiger partial charge in [-0.05, 0) is 31.2 Å². The number of nitrogens with zero attached hydrogens (tertiary/aromatic N) is 1. The van der Waals surface area contributed by atoms with E-state index in [1.165, 1.54) is 0 Å². The number of carbonyl (C=O) groups is 1. The largest absolute Gasteiger partial charge is 0.467 e. The first-order valence-electron chi connectivity index (χ1n) is 5.45. The summed E-state index contributed by atoms with van der Waals surface area (Å²) in [4.78, 5) is 16.0. The van der Waals surface area contributed by atoms with Crippen molar-refractivity contribution in [2.24, 2.45) is 5.84 Å². The predicted octanol–water partition coefficient (Wildman–Crippen LogP) is 1.20. The first-order chi connectivity index (χ1) is 8.69. The highest BCUT2D eigenvalue weighted by Crippen LogP contribution is 2.09. The molecule has 0 unspecified atom stereocenters. The van der Waals surface area contributed by atoms with Crippen LogP contribution in [-0.2, 0) is 6.54 Å². The number of hydrogen-bond acceptors (Lipinski definition) is 5. The summed E-state index contributed by atoms with van der Waals surface area (Å²) in [5, 5.41) is 2.75. The summed E-state index contributed by atoms with van der Waals surface area (Å²) in [5.74, 6) is 6.24. The summed E-state index contributed by atoms with van der Waals surface area (Å²) >= 11 is 0. The molecule has 18 heavy (non-hydrogen) atoms. The highest BCUT2D eigenvalue weighted by molar-refractivity contribution is 5.94. The molecule has 6 nitrogen and oxygen atoms in total. The summed E-state index contributed by atoms with van der Waals surface area (Å²) in [7, 11) is 0. The van der Waals surface area contributed by atoms with Crippen LogP contribution in [0.15, 0.2) is 34.9 Å². The van der Waals surface area contributed by atoms with Gasteiger partial charge in [0.15, 0.2) is 0 Å². The smallest absolute Gasteiger partial charge is 0.251 e. The fourth-order valence-electron chi connectivity index (χ4n) is 1.56. The van der Waals surface area contributed by atoms with Gasteiger partial charge in [-0.25, -0.2) is 10.8 Å². The van der Waals surface area contributed by atoms with Crippen LogP contribution in [0, 0.1) is 6.92 Å². The number of hydrogen-bond donors (Lipinski definition) is 3. The second kappa shape index (κ2) is 5.33. The Hall–Kier alpha value is -2.34. The van der Waals surface area contributed by atoms with Crippen molar-refractivity contribution >= 4 is 11.7 Å². The topological polar surface area (TPSA) is 93.2 Å². The van der Waals surface area contributed by atoms with Gasteiger partial charge in [-0.2, -0.15) is 0 Å². The molecule has 0 atom stereocenters. The standard InChI is InChI=1S/C12H14N4O2/c1-8-5-9(6-11(15-8)16-13)12(17)14-7-10-3-2-4-18-10/h2-6H,7,13H2,1H3,(H,14,17)(H,15,16). The third-order valence-electron chi connectivity index (χ3n) is 2.37. The van der Waals surface area contributed by atoms with Crippen molar-refractivity contribution < 1.29 is 9.21 Å². The summed E-state index contributed by atoms with van der Waals surface area (Å²) in [6.07, 6.45) is 1.56. The van der Waals surface area contributed by atoms with Gasteiger partial charge in [-0.15, -0.1) is 0 Å². The molecule has 0 aliphatic heterocycles. The number of hydrazine groups is 1. The Kier molecular flexibility index (Phi) is 3.59. The van der Waals surface area contributed by atoms with Crippen molar-refractivity contribution in [1.82, 2.24) is 10.3 Å². The molecule has 2 aromatic heterocycles. The number of nitrogen functional groups attached to an aromatic ring is 1. The normalized spacial score (nSPS) is 10.1. The second-order valence-corrected chi connectivity index (χ2v) is 3.79. The van der Waals surface area contributed by atoms with Crippen LogP contribution in [0.2, 0.25) is 0 Å². The number of furan rings is 1. The molecule has 0 bridgehead atoms. The molecule has 94 valence electrons. The summed E-state index contributed by atoms with van der Waals surface area (Å²) in [5.41, 5.74) is 3.64. The van der Waals surface area contributed by atoms with E-state index in [-0.39, 0.29) is 5.91 Å². The van der Waals surface area contributed by atoms with Crippen molar-refractivity contribution in [2.75, 3.05) is 5.43 Å². The maximum atomic E-state index is 11.9. The Bertz CT molecular complexity index is 537. The van der Waals surface area contributed by atoms with Gasteiger partial charge in [-0.3, -0.25) is 4.79 Å². The molecule has 0 aliphatic rings. The number of anilines is 1. The van der Waals surface area contributed by atoms with Crippen LogP contribution in [0.1, 0.15) is 21.8 Å². The molecule has 0 saturated heterocycles. The van der Waals surface area contributed by atoms with Crippen molar-refractivity contribution in [3.05, 3.63) is 47.5 Å². The Morgan fingerprint density at radius 2 is 2.33 bits per heavy atom. The van der Waals surface area contributed by atoms with Crippen LogP contribution in [0.25, 0.3) is 0 Å². The van der Waals surface area contributed by atoms with Crippen LogP contribution in [-0.4, -0.2) is 10.9 Å². The van der Waals surface area contributed by atoms with Crippen molar-refractivity contribution in [3.63, 3.8) is 0 Å². The molecule has 2 aromatic rings. The number of aromatic nitrogens is 1. The molecule has 1 amide bonds. The zero-order valence-corrected chi connectivity index (χ0v) is 9.93. The molecular weight excluding hydrogens is 232 g/mol. The lowest BCUT2D eigenvalue weighted by Gasteiger charge is -2.06. The van der Waals surface area contributed by atoms with Gasteiger partial charge in [0, 0.05) is 11.3 Å². The molecule has 0 saturated carbocycles. The molecule has 2 rings (SSSR count). The summed E-state index contributed by atoms with van der Waals surface area (Å²) < 4.78 is 5.13. The number of pyridine rings is 1. The quantitative estimate of drug-likeness (QED) is 0.556. The molecule has 2 heterocycles. The monoisotopic (exact) mass is 246 g/mol. The number of rotatable bonds is 4. The Labute approximate surface area is 104 Å². The molecule has 0 fully saturated rings. The number of amides is 1. The minimum Gasteiger partial charge on any atom is -0.467 e. The van der Waals surface area contributed by atoms with Crippen molar-refractivity contribution in [3.8, 4) is 0 Å². The van der Waals surface area contributed by atoms with Gasteiger partial charge in [-0.1, -0.05) is 0 Å². The Morgan fingerprint density at radius 3 is 3.00 bits per heavy atom. The van der Waals surface area contributed by atoms with Crippen LogP contribution in [0.4, 0.5) is 5.82 Å². The predicted molar refractivity (Wildman–Crippen MR) is 66.7 cm³/mol. The molecule has 0 aliphatic carbocycles. The highest BCUT2D eigenvalue weighted by atomic mass is 16.3. The number of nitrogens with one attached hydrogen (secondary N) is 2. The fraction of sp³-hybridized carbons (Fsp3) is 0.167. The van der Waals surface area contributed by atoms with E-state index in [1.807, 2.05) is 0 Å². The first-order valence-corrected chi connectivity index (χ1v) is 5.45. The van der Waals surface area contributed by atoms with E-state index < -0.39 is 0 Å². The lowest BCUT2D eigenvalue weighted by molar-refractivity contribution is 0.0948. The average Bonchev–Trinajstić information content (AvgIpc) is 2.88. The minimum absolute atomic E-state index is 0.201. The number of nitrogens with two attached hydrogens (primary N) is 1. The van der Waals surface area contributed by atoms with Crippen LogP contribution >= 0.6 is 0 Å². The number of carbonyl (C=O) groups excluding carboxylic acids is 1. The first kappa shape index (κ1) is 12.1. The van der Waals surface area contributed by atoms with E-state index >= 15 is 0 Å². The lowest BCUT2D eigenvalue weighted by Crippen LogP contribution is -2.23. The molecular formula is C12H14N4O2. The molecule has 0 radical (unpaired) electrons.